The van der Waals surface area contributed by atoms with Gasteiger partial charge >= 0.3 is 0 Å². The molecule has 9 heteroatoms. The van der Waals surface area contributed by atoms with E-state index >= 15 is 0 Å². The van der Waals surface area contributed by atoms with Gasteiger partial charge in [-0.25, -0.2) is 13.4 Å². The Morgan fingerprint density at radius 3 is 2.43 bits per heavy atom. The monoisotopic (exact) mass is 417 g/mol. The summed E-state index contributed by atoms with van der Waals surface area (Å²) in [5.74, 6) is 0.0470. The third kappa shape index (κ3) is 4.49. The van der Waals surface area contributed by atoms with E-state index < -0.39 is 10.0 Å². The molecule has 3 rings (SSSR count). The number of methoxy groups -OCH3 is 1. The second kappa shape index (κ2) is 7.99. The van der Waals surface area contributed by atoms with Gasteiger partial charge in [0.25, 0.3) is 10.0 Å². The fourth-order valence-corrected chi connectivity index (χ4v) is 4.27. The first-order valence-electron chi connectivity index (χ1n) is 8.29. The number of rotatable bonds is 6. The molecule has 146 valence electrons. The number of nitrogens with one attached hydrogen (secondary N) is 2. The molecule has 0 radical (unpaired) electrons. The summed E-state index contributed by atoms with van der Waals surface area (Å²) in [4.78, 5) is 15.8. The average Bonchev–Trinajstić information content (AvgIpc) is 3.08. The van der Waals surface area contributed by atoms with Gasteiger partial charge in [0.1, 0.15) is 5.75 Å². The minimum absolute atomic E-state index is 0.0104. The van der Waals surface area contributed by atoms with Crippen LogP contribution < -0.4 is 14.8 Å². The molecule has 28 heavy (non-hydrogen) atoms. The lowest BCUT2D eigenvalue weighted by molar-refractivity contribution is -0.114. The van der Waals surface area contributed by atoms with E-state index in [1.165, 1.54) is 32.2 Å². The number of thiazole rings is 1. The van der Waals surface area contributed by atoms with Crippen LogP contribution in [0.25, 0.3) is 11.3 Å². The summed E-state index contributed by atoms with van der Waals surface area (Å²) < 4.78 is 33.1. The van der Waals surface area contributed by atoms with Crippen molar-refractivity contribution in [3.8, 4) is 17.0 Å². The molecular formula is C19H19N3O4S2. The number of hydrogen-bond donors (Lipinski definition) is 2. The lowest BCUT2D eigenvalue weighted by atomic mass is 10.1. The van der Waals surface area contributed by atoms with E-state index in [4.69, 9.17) is 4.74 Å². The molecule has 0 aliphatic heterocycles. The minimum Gasteiger partial charge on any atom is -0.495 e. The van der Waals surface area contributed by atoms with Gasteiger partial charge in [0.15, 0.2) is 0 Å². The van der Waals surface area contributed by atoms with Crippen LogP contribution in [0.3, 0.4) is 0 Å². The largest absolute Gasteiger partial charge is 0.495 e. The molecule has 0 spiro atoms. The lowest BCUT2D eigenvalue weighted by Crippen LogP contribution is -2.14. The van der Waals surface area contributed by atoms with Gasteiger partial charge in [-0.15, -0.1) is 11.3 Å². The number of sulfonamides is 1. The van der Waals surface area contributed by atoms with Crippen LogP contribution in [0.1, 0.15) is 11.9 Å². The molecule has 0 fully saturated rings. The predicted molar refractivity (Wildman–Crippen MR) is 110 cm³/mol. The molecule has 1 heterocycles. The van der Waals surface area contributed by atoms with Crippen LogP contribution in [-0.4, -0.2) is 26.4 Å². The maximum Gasteiger partial charge on any atom is 0.261 e. The number of nitrogens with zero attached hydrogens (tertiary/aromatic N) is 1. The summed E-state index contributed by atoms with van der Waals surface area (Å²) in [6.07, 6.45) is 0. The highest BCUT2D eigenvalue weighted by molar-refractivity contribution is 7.92. The molecule has 1 aromatic heterocycles. The molecule has 0 saturated heterocycles. The van der Waals surface area contributed by atoms with Crippen molar-refractivity contribution in [1.29, 1.82) is 0 Å². The quantitative estimate of drug-likeness (QED) is 0.634. The first kappa shape index (κ1) is 19.8. The minimum atomic E-state index is -3.84. The Morgan fingerprint density at radius 1 is 1.14 bits per heavy atom. The maximum atomic E-state index is 12.7. The van der Waals surface area contributed by atoms with Crippen LogP contribution in [0.15, 0.2) is 52.7 Å². The maximum absolute atomic E-state index is 12.7. The van der Waals surface area contributed by atoms with Gasteiger partial charge in [0, 0.05) is 23.6 Å². The van der Waals surface area contributed by atoms with Crippen LogP contribution >= 0.6 is 11.3 Å². The topological polar surface area (TPSA) is 97.4 Å². The number of aryl methyl sites for hydroxylation is 1. The second-order valence-electron chi connectivity index (χ2n) is 5.98. The van der Waals surface area contributed by atoms with Gasteiger partial charge in [-0.3, -0.25) is 9.52 Å². The van der Waals surface area contributed by atoms with Gasteiger partial charge in [0.05, 0.1) is 28.4 Å². The normalized spacial score (nSPS) is 11.1. The predicted octanol–water partition coefficient (Wildman–Crippen LogP) is 3.89. The van der Waals surface area contributed by atoms with Crippen molar-refractivity contribution in [3.63, 3.8) is 0 Å². The van der Waals surface area contributed by atoms with Crippen molar-refractivity contribution in [3.05, 3.63) is 52.9 Å². The van der Waals surface area contributed by atoms with E-state index in [0.29, 0.717) is 11.4 Å². The van der Waals surface area contributed by atoms with E-state index in [2.05, 4.69) is 15.0 Å². The standard InChI is InChI=1S/C19H19N3O4S2/c1-12(23)20-17-10-16(8-9-19(17)26-3)28(24,25)22-15-6-4-14(5-7-15)18-11-27-13(2)21-18/h4-11,22H,1-3H3,(H,20,23). The summed E-state index contributed by atoms with van der Waals surface area (Å²) in [5.41, 5.74) is 2.47. The Kier molecular flexibility index (Phi) is 5.66. The van der Waals surface area contributed by atoms with Crippen molar-refractivity contribution in [1.82, 2.24) is 4.98 Å². The molecule has 3 aromatic rings. The van der Waals surface area contributed by atoms with Gasteiger partial charge in [-0.1, -0.05) is 12.1 Å². The van der Waals surface area contributed by atoms with E-state index in [1.807, 2.05) is 24.4 Å². The number of carbonyl (C=O) groups excluding carboxylic acids is 1. The molecule has 0 atom stereocenters. The highest BCUT2D eigenvalue weighted by Gasteiger charge is 2.17. The smallest absolute Gasteiger partial charge is 0.261 e. The Hall–Kier alpha value is -2.91. The molecule has 2 N–H and O–H groups in total. The highest BCUT2D eigenvalue weighted by Crippen LogP contribution is 2.29. The Morgan fingerprint density at radius 2 is 1.86 bits per heavy atom. The fraction of sp³-hybridized carbons (Fsp3) is 0.158. The Bertz CT molecular complexity index is 1110. The number of hydrogen-bond acceptors (Lipinski definition) is 6. The van der Waals surface area contributed by atoms with Crippen LogP contribution in [0, 0.1) is 6.92 Å². The van der Waals surface area contributed by atoms with E-state index in [0.717, 1.165) is 16.3 Å². The van der Waals surface area contributed by atoms with Gasteiger partial charge < -0.3 is 10.1 Å². The van der Waals surface area contributed by atoms with E-state index in [1.54, 1.807) is 23.5 Å². The number of carbonyl (C=O) groups is 1. The van der Waals surface area contributed by atoms with Crippen LogP contribution in [0.4, 0.5) is 11.4 Å². The fourth-order valence-electron chi connectivity index (χ4n) is 2.56. The molecule has 0 aliphatic rings. The number of ether oxygens (including phenoxy) is 1. The van der Waals surface area contributed by atoms with Gasteiger partial charge in [-0.05, 0) is 37.3 Å². The van der Waals surface area contributed by atoms with Crippen LogP contribution in [0.2, 0.25) is 0 Å². The summed E-state index contributed by atoms with van der Waals surface area (Å²) in [7, 11) is -2.40. The SMILES string of the molecule is COc1ccc(S(=O)(=O)Nc2ccc(-c3csc(C)n3)cc2)cc1NC(C)=O. The molecule has 0 aliphatic carbocycles. The lowest BCUT2D eigenvalue weighted by Gasteiger charge is -2.13. The van der Waals surface area contributed by atoms with Gasteiger partial charge in [0.2, 0.25) is 5.91 Å². The zero-order valence-corrected chi connectivity index (χ0v) is 17.1. The van der Waals surface area contributed by atoms with Crippen molar-refractivity contribution in [2.75, 3.05) is 17.1 Å². The zero-order valence-electron chi connectivity index (χ0n) is 15.5. The summed E-state index contributed by atoms with van der Waals surface area (Å²) in [6, 6.07) is 11.2. The molecule has 2 aromatic carbocycles. The van der Waals surface area contributed by atoms with Crippen molar-refractivity contribution >= 4 is 38.6 Å². The first-order chi connectivity index (χ1) is 13.3. The molecule has 0 bridgehead atoms. The Labute approximate surface area is 167 Å². The third-order valence-corrected chi connectivity index (χ3v) is 6.00. The van der Waals surface area contributed by atoms with Crippen molar-refractivity contribution in [2.45, 2.75) is 18.7 Å². The van der Waals surface area contributed by atoms with E-state index in [-0.39, 0.29) is 16.5 Å². The van der Waals surface area contributed by atoms with Crippen molar-refractivity contribution in [2.24, 2.45) is 0 Å². The number of benzene rings is 2. The second-order valence-corrected chi connectivity index (χ2v) is 8.72. The zero-order chi connectivity index (χ0) is 20.3. The number of anilines is 2. The average molecular weight is 418 g/mol. The summed E-state index contributed by atoms with van der Waals surface area (Å²) in [6.45, 7) is 3.27. The van der Waals surface area contributed by atoms with E-state index in [9.17, 15) is 13.2 Å². The van der Waals surface area contributed by atoms with Gasteiger partial charge in [-0.2, -0.15) is 0 Å². The van der Waals surface area contributed by atoms with Crippen LogP contribution in [0.5, 0.6) is 5.75 Å². The number of aromatic nitrogens is 1. The molecule has 1 amide bonds. The number of amides is 1. The molecule has 0 saturated carbocycles. The summed E-state index contributed by atoms with van der Waals surface area (Å²) in [5, 5.41) is 5.49. The van der Waals surface area contributed by atoms with Crippen LogP contribution in [-0.2, 0) is 14.8 Å². The highest BCUT2D eigenvalue weighted by atomic mass is 32.2. The third-order valence-electron chi connectivity index (χ3n) is 3.84. The molecular weight excluding hydrogens is 398 g/mol. The van der Waals surface area contributed by atoms with Crippen molar-refractivity contribution < 1.29 is 17.9 Å². The Balaban J connectivity index is 1.84. The molecule has 0 unspecified atom stereocenters. The first-order valence-corrected chi connectivity index (χ1v) is 10.7. The summed E-state index contributed by atoms with van der Waals surface area (Å²) >= 11 is 1.56. The molecule has 7 nitrogen and oxygen atoms in total.